The summed E-state index contributed by atoms with van der Waals surface area (Å²) in [5.41, 5.74) is 3.45. The maximum absolute atomic E-state index is 12.2. The summed E-state index contributed by atoms with van der Waals surface area (Å²) < 4.78 is 43.9. The van der Waals surface area contributed by atoms with Gasteiger partial charge in [0.25, 0.3) is 5.88 Å². The van der Waals surface area contributed by atoms with E-state index in [1.165, 1.54) is 15.9 Å². The third-order valence-corrected chi connectivity index (χ3v) is 7.42. The van der Waals surface area contributed by atoms with E-state index in [-0.39, 0.29) is 18.2 Å². The van der Waals surface area contributed by atoms with E-state index in [1.54, 1.807) is 26.0 Å². The van der Waals surface area contributed by atoms with Crippen LogP contribution in [0.1, 0.15) is 29.6 Å². The van der Waals surface area contributed by atoms with Gasteiger partial charge >= 0.3 is 0 Å². The first kappa shape index (κ1) is 22.2. The van der Waals surface area contributed by atoms with E-state index in [0.717, 1.165) is 11.3 Å². The smallest absolute Gasteiger partial charge is 0.275 e. The Morgan fingerprint density at radius 1 is 1.21 bits per heavy atom. The fraction of sp³-hybridized carbons (Fsp3) is 0.381. The van der Waals surface area contributed by atoms with E-state index in [4.69, 9.17) is 14.0 Å². The van der Waals surface area contributed by atoms with Gasteiger partial charge in [-0.1, -0.05) is 11.2 Å². The van der Waals surface area contributed by atoms with Crippen molar-refractivity contribution in [2.24, 2.45) is 0 Å². The molecule has 5 rings (SSSR count). The lowest BCUT2D eigenvalue weighted by atomic mass is 10.1. The zero-order valence-corrected chi connectivity index (χ0v) is 19.7. The average Bonchev–Trinajstić information content (AvgIpc) is 3.46. The van der Waals surface area contributed by atoms with Crippen molar-refractivity contribution in [1.82, 2.24) is 34.3 Å². The summed E-state index contributed by atoms with van der Waals surface area (Å²) in [6, 6.07) is 7.15. The first-order chi connectivity index (χ1) is 16.4. The van der Waals surface area contributed by atoms with Gasteiger partial charge in [-0.15, -0.1) is 15.3 Å². The number of methoxy groups -OCH3 is 1. The van der Waals surface area contributed by atoms with Crippen molar-refractivity contribution in [2.45, 2.75) is 33.4 Å². The molecule has 0 saturated heterocycles. The Morgan fingerprint density at radius 3 is 2.79 bits per heavy atom. The molecule has 0 spiro atoms. The quantitative estimate of drug-likeness (QED) is 0.381. The predicted molar refractivity (Wildman–Crippen MR) is 120 cm³/mol. The summed E-state index contributed by atoms with van der Waals surface area (Å²) >= 11 is 0. The molecule has 34 heavy (non-hydrogen) atoms. The van der Waals surface area contributed by atoms with Gasteiger partial charge in [0.05, 0.1) is 18.6 Å². The monoisotopic (exact) mass is 485 g/mol. The van der Waals surface area contributed by atoms with Gasteiger partial charge in [-0.05, 0) is 25.5 Å². The van der Waals surface area contributed by atoms with Gasteiger partial charge in [0.2, 0.25) is 15.8 Å². The molecule has 12 nitrogen and oxygen atoms in total. The van der Waals surface area contributed by atoms with Crippen LogP contribution in [0.2, 0.25) is 0 Å². The highest BCUT2D eigenvalue weighted by Gasteiger charge is 2.26. The number of aromatic nitrogens is 6. The van der Waals surface area contributed by atoms with Crippen molar-refractivity contribution in [3.05, 3.63) is 47.0 Å². The second kappa shape index (κ2) is 8.65. The number of fused-ring (bicyclic) bond motifs is 2. The summed E-state index contributed by atoms with van der Waals surface area (Å²) in [4.78, 5) is 4.68. The molecule has 0 atom stereocenters. The van der Waals surface area contributed by atoms with Crippen LogP contribution >= 0.6 is 0 Å². The van der Waals surface area contributed by atoms with Crippen LogP contribution < -0.4 is 9.47 Å². The largest absolute Gasteiger partial charge is 0.491 e. The third kappa shape index (κ3) is 4.07. The van der Waals surface area contributed by atoms with Crippen LogP contribution in [0, 0.1) is 6.92 Å². The fourth-order valence-electron chi connectivity index (χ4n) is 3.76. The molecule has 0 saturated carbocycles. The zero-order valence-electron chi connectivity index (χ0n) is 18.9. The van der Waals surface area contributed by atoms with E-state index in [2.05, 4.69) is 25.4 Å². The summed E-state index contributed by atoms with van der Waals surface area (Å²) in [7, 11) is -1.71. The minimum Gasteiger partial charge on any atom is -0.491 e. The summed E-state index contributed by atoms with van der Waals surface area (Å²) in [5, 5.41) is 16.8. The van der Waals surface area contributed by atoms with E-state index in [1.807, 2.05) is 12.1 Å². The molecule has 4 aromatic heterocycles. The molecule has 5 heterocycles. The van der Waals surface area contributed by atoms with Gasteiger partial charge in [0.15, 0.2) is 17.1 Å². The van der Waals surface area contributed by atoms with Crippen LogP contribution in [-0.4, -0.2) is 62.1 Å². The highest BCUT2D eigenvalue weighted by molar-refractivity contribution is 7.89. The number of nitrogens with zero attached hydrogens (tertiary/aromatic N) is 7. The molecular weight excluding hydrogens is 462 g/mol. The molecule has 0 aromatic carbocycles. The fourth-order valence-corrected chi connectivity index (χ4v) is 4.83. The number of aryl methyl sites for hydroxylation is 1. The molecule has 0 radical (unpaired) electrons. The van der Waals surface area contributed by atoms with Crippen molar-refractivity contribution < 1.29 is 22.4 Å². The lowest BCUT2D eigenvalue weighted by Crippen LogP contribution is -2.37. The molecule has 0 aliphatic carbocycles. The summed E-state index contributed by atoms with van der Waals surface area (Å²) in [6.07, 6.45) is 0.553. The number of ether oxygens (including phenoxy) is 2. The Bertz CT molecular complexity index is 1460. The lowest BCUT2D eigenvalue weighted by molar-refractivity contribution is 0.263. The van der Waals surface area contributed by atoms with E-state index in [0.29, 0.717) is 53.9 Å². The zero-order chi connectivity index (χ0) is 23.9. The first-order valence-corrected chi connectivity index (χ1v) is 12.3. The third-order valence-electron chi connectivity index (χ3n) is 5.59. The second-order valence-corrected chi connectivity index (χ2v) is 10.1. The Labute approximate surface area is 195 Å². The molecule has 1 aliphatic rings. The van der Waals surface area contributed by atoms with Gasteiger partial charge in [-0.2, -0.15) is 8.82 Å². The van der Waals surface area contributed by atoms with Gasteiger partial charge in [-0.3, -0.25) is 4.98 Å². The van der Waals surface area contributed by atoms with E-state index >= 15 is 0 Å². The number of hydrogen-bond acceptors (Lipinski definition) is 10. The number of rotatable bonds is 7. The highest BCUT2D eigenvalue weighted by atomic mass is 32.2. The normalized spacial score (nSPS) is 14.3. The van der Waals surface area contributed by atoms with Crippen molar-refractivity contribution in [2.75, 3.05) is 19.4 Å². The highest BCUT2D eigenvalue weighted by Crippen LogP contribution is 2.28. The maximum atomic E-state index is 12.2. The lowest BCUT2D eigenvalue weighted by Gasteiger charge is -2.27. The molecule has 0 unspecified atom stereocenters. The van der Waals surface area contributed by atoms with Gasteiger partial charge in [0.1, 0.15) is 12.4 Å². The van der Waals surface area contributed by atoms with Crippen molar-refractivity contribution in [3.63, 3.8) is 0 Å². The molecule has 0 fully saturated rings. The average molecular weight is 486 g/mol. The Kier molecular flexibility index (Phi) is 5.65. The SMILES string of the molecule is CCS(=O)(=O)N1CCc2nc(COc3nn4c(-c5cc(C)on5)nnc4cc3OC)ccc2C1. The Hall–Kier alpha value is -3.58. The summed E-state index contributed by atoms with van der Waals surface area (Å²) in [5.74, 6) is 1.80. The number of pyridine rings is 1. The van der Waals surface area contributed by atoms with E-state index in [9.17, 15) is 8.42 Å². The maximum Gasteiger partial charge on any atom is 0.275 e. The van der Waals surface area contributed by atoms with Crippen LogP contribution in [0.4, 0.5) is 0 Å². The molecule has 0 amide bonds. The van der Waals surface area contributed by atoms with Gasteiger partial charge < -0.3 is 14.0 Å². The number of sulfonamides is 1. The molecule has 0 N–H and O–H groups in total. The van der Waals surface area contributed by atoms with Crippen molar-refractivity contribution in [1.29, 1.82) is 0 Å². The molecule has 1 aliphatic heterocycles. The van der Waals surface area contributed by atoms with Crippen LogP contribution in [0.5, 0.6) is 11.6 Å². The second-order valence-electron chi connectivity index (χ2n) is 7.82. The molecule has 13 heteroatoms. The van der Waals surface area contributed by atoms with Gasteiger partial charge in [0, 0.05) is 37.3 Å². The van der Waals surface area contributed by atoms with Gasteiger partial charge in [-0.25, -0.2) is 8.42 Å². The summed E-state index contributed by atoms with van der Waals surface area (Å²) in [6.45, 7) is 4.35. The van der Waals surface area contributed by atoms with Crippen LogP contribution in [0.3, 0.4) is 0 Å². The van der Waals surface area contributed by atoms with Crippen LogP contribution in [0.25, 0.3) is 17.2 Å². The standard InChI is InChI=1S/C21H23N7O5S/c1-4-34(29,30)27-8-7-16-14(11-27)5-6-15(22-16)12-32-21-18(31-3)10-19-23-24-20(28(19)25-21)17-9-13(2)33-26-17/h5-6,9-10H,4,7-8,11-12H2,1-3H3. The van der Waals surface area contributed by atoms with Crippen molar-refractivity contribution >= 4 is 15.7 Å². The Balaban J connectivity index is 1.38. The number of hydrogen-bond donors (Lipinski definition) is 0. The minimum atomic E-state index is -3.23. The molecule has 178 valence electrons. The molecule has 4 aromatic rings. The van der Waals surface area contributed by atoms with Crippen molar-refractivity contribution in [3.8, 4) is 23.1 Å². The molecular formula is C21H23N7O5S. The topological polar surface area (TPSA) is 138 Å². The molecule has 0 bridgehead atoms. The Morgan fingerprint density at radius 2 is 2.06 bits per heavy atom. The predicted octanol–water partition coefficient (Wildman–Crippen LogP) is 1.78. The van der Waals surface area contributed by atoms with E-state index < -0.39 is 10.0 Å². The minimum absolute atomic E-state index is 0.0886. The first-order valence-electron chi connectivity index (χ1n) is 10.7. The van der Waals surface area contributed by atoms with Crippen LogP contribution in [-0.2, 0) is 29.6 Å². The van der Waals surface area contributed by atoms with Crippen LogP contribution in [0.15, 0.2) is 28.8 Å².